The molecule has 0 amide bonds. The van der Waals surface area contributed by atoms with Gasteiger partial charge in [0.2, 0.25) is 0 Å². The summed E-state index contributed by atoms with van der Waals surface area (Å²) in [5.74, 6) is 0. The summed E-state index contributed by atoms with van der Waals surface area (Å²) in [6, 6.07) is 8.28. The maximum atomic E-state index is 5.62. The van der Waals surface area contributed by atoms with E-state index in [0.29, 0.717) is 13.2 Å². The normalized spacial score (nSPS) is 11.4. The Balaban J connectivity index is 2.60. The summed E-state index contributed by atoms with van der Waals surface area (Å²) in [6.45, 7) is 9.52. The predicted octanol–water partition coefficient (Wildman–Crippen LogP) is 3.54. The van der Waals surface area contributed by atoms with Gasteiger partial charge in [0.15, 0.2) is 0 Å². The van der Waals surface area contributed by atoms with Gasteiger partial charge in [-0.15, -0.1) is 0 Å². The molecule has 0 fully saturated rings. The van der Waals surface area contributed by atoms with E-state index in [0.717, 1.165) is 0 Å². The van der Waals surface area contributed by atoms with Crippen LogP contribution in [-0.2, 0) is 22.7 Å². The molecular formula is C14H22O2. The van der Waals surface area contributed by atoms with Crippen LogP contribution < -0.4 is 0 Å². The molecule has 0 bridgehead atoms. The molecule has 0 spiro atoms. The topological polar surface area (TPSA) is 18.5 Å². The fourth-order valence-electron chi connectivity index (χ4n) is 1.35. The van der Waals surface area contributed by atoms with Crippen molar-refractivity contribution >= 4 is 0 Å². The molecule has 0 unspecified atom stereocenters. The van der Waals surface area contributed by atoms with Gasteiger partial charge in [0.25, 0.3) is 0 Å². The highest BCUT2D eigenvalue weighted by molar-refractivity contribution is 5.25. The van der Waals surface area contributed by atoms with Crippen LogP contribution in [0.15, 0.2) is 24.3 Å². The summed E-state index contributed by atoms with van der Waals surface area (Å²) in [5, 5.41) is 0. The summed E-state index contributed by atoms with van der Waals surface area (Å²) >= 11 is 0. The van der Waals surface area contributed by atoms with Crippen LogP contribution in [0.5, 0.6) is 0 Å². The molecule has 0 aliphatic heterocycles. The van der Waals surface area contributed by atoms with Gasteiger partial charge in [0, 0.05) is 0 Å². The molecule has 0 aromatic heterocycles. The molecule has 0 aliphatic rings. The Morgan fingerprint density at radius 3 is 1.50 bits per heavy atom. The molecule has 90 valence electrons. The quantitative estimate of drug-likeness (QED) is 0.733. The number of benzene rings is 1. The van der Waals surface area contributed by atoms with E-state index in [9.17, 15) is 0 Å². The maximum absolute atomic E-state index is 5.62. The number of hydrogen-bond acceptors (Lipinski definition) is 2. The van der Waals surface area contributed by atoms with E-state index in [1.807, 2.05) is 39.8 Å². The number of ether oxygens (including phenoxy) is 2. The van der Waals surface area contributed by atoms with Crippen LogP contribution in [0.3, 0.4) is 0 Å². The Bertz CT molecular complexity index is 274. The molecule has 0 aliphatic carbocycles. The van der Waals surface area contributed by atoms with Gasteiger partial charge in [0.1, 0.15) is 0 Å². The molecule has 0 atom stereocenters. The molecule has 16 heavy (non-hydrogen) atoms. The lowest BCUT2D eigenvalue weighted by atomic mass is 10.1. The van der Waals surface area contributed by atoms with E-state index in [-0.39, 0.29) is 12.2 Å². The number of rotatable bonds is 6. The lowest BCUT2D eigenvalue weighted by Crippen LogP contribution is -2.07. The molecule has 2 nitrogen and oxygen atoms in total. The van der Waals surface area contributed by atoms with Crippen LogP contribution in [0.25, 0.3) is 0 Å². The van der Waals surface area contributed by atoms with Crippen molar-refractivity contribution in [2.45, 2.75) is 53.1 Å². The highest BCUT2D eigenvalue weighted by Gasteiger charge is 2.04. The monoisotopic (exact) mass is 222 g/mol. The summed E-state index contributed by atoms with van der Waals surface area (Å²) in [7, 11) is 0. The zero-order valence-electron chi connectivity index (χ0n) is 10.7. The second kappa shape index (κ2) is 6.66. The minimum absolute atomic E-state index is 0.263. The van der Waals surface area contributed by atoms with Crippen molar-refractivity contribution in [1.82, 2.24) is 0 Å². The third-order valence-electron chi connectivity index (χ3n) is 2.26. The third-order valence-corrected chi connectivity index (χ3v) is 2.26. The van der Waals surface area contributed by atoms with Crippen LogP contribution >= 0.6 is 0 Å². The van der Waals surface area contributed by atoms with Crippen molar-refractivity contribution in [2.24, 2.45) is 0 Å². The van der Waals surface area contributed by atoms with Gasteiger partial charge in [-0.05, 0) is 38.8 Å². The molecule has 0 saturated carbocycles. The lowest BCUT2D eigenvalue weighted by Gasteiger charge is -2.13. The molecule has 0 radical (unpaired) electrons. The largest absolute Gasteiger partial charge is 0.374 e. The van der Waals surface area contributed by atoms with Crippen molar-refractivity contribution in [3.8, 4) is 0 Å². The SMILES string of the molecule is CC(C)OCc1ccccc1COC(C)C. The van der Waals surface area contributed by atoms with E-state index in [1.54, 1.807) is 0 Å². The van der Waals surface area contributed by atoms with Gasteiger partial charge < -0.3 is 9.47 Å². The lowest BCUT2D eigenvalue weighted by molar-refractivity contribution is 0.0538. The standard InChI is InChI=1S/C14H22O2/c1-11(2)15-9-13-7-5-6-8-14(13)10-16-12(3)4/h5-8,11-12H,9-10H2,1-4H3. The Labute approximate surface area is 98.6 Å². The van der Waals surface area contributed by atoms with E-state index in [1.165, 1.54) is 11.1 Å². The van der Waals surface area contributed by atoms with Gasteiger partial charge in [-0.1, -0.05) is 24.3 Å². The van der Waals surface area contributed by atoms with E-state index < -0.39 is 0 Å². The second-order valence-electron chi connectivity index (χ2n) is 4.49. The first-order chi connectivity index (χ1) is 7.59. The molecule has 0 heterocycles. The minimum atomic E-state index is 0.263. The van der Waals surface area contributed by atoms with Crippen molar-refractivity contribution in [3.05, 3.63) is 35.4 Å². The molecule has 2 heteroatoms. The summed E-state index contributed by atoms with van der Waals surface area (Å²) < 4.78 is 11.2. The Morgan fingerprint density at radius 1 is 0.812 bits per heavy atom. The average molecular weight is 222 g/mol. The van der Waals surface area contributed by atoms with Crippen LogP contribution in [0, 0.1) is 0 Å². The van der Waals surface area contributed by atoms with Crippen molar-refractivity contribution in [3.63, 3.8) is 0 Å². The Hall–Kier alpha value is -0.860. The highest BCUT2D eigenvalue weighted by atomic mass is 16.5. The van der Waals surface area contributed by atoms with Crippen LogP contribution in [0.4, 0.5) is 0 Å². The predicted molar refractivity (Wildman–Crippen MR) is 66.3 cm³/mol. The van der Waals surface area contributed by atoms with Crippen LogP contribution in [0.1, 0.15) is 38.8 Å². The summed E-state index contributed by atoms with van der Waals surface area (Å²) in [6.07, 6.45) is 0.526. The summed E-state index contributed by atoms with van der Waals surface area (Å²) in [5.41, 5.74) is 2.44. The molecule has 0 N–H and O–H groups in total. The number of hydrogen-bond donors (Lipinski definition) is 0. The first-order valence-corrected chi connectivity index (χ1v) is 5.89. The third kappa shape index (κ3) is 4.77. The van der Waals surface area contributed by atoms with Gasteiger partial charge in [-0.3, -0.25) is 0 Å². The zero-order chi connectivity index (χ0) is 12.0. The first kappa shape index (κ1) is 13.2. The van der Waals surface area contributed by atoms with Gasteiger partial charge >= 0.3 is 0 Å². The molecule has 1 aromatic carbocycles. The molecule has 0 saturated heterocycles. The minimum Gasteiger partial charge on any atom is -0.374 e. The smallest absolute Gasteiger partial charge is 0.0723 e. The first-order valence-electron chi connectivity index (χ1n) is 5.89. The summed E-state index contributed by atoms with van der Waals surface area (Å²) in [4.78, 5) is 0. The zero-order valence-corrected chi connectivity index (χ0v) is 10.7. The van der Waals surface area contributed by atoms with E-state index >= 15 is 0 Å². The maximum Gasteiger partial charge on any atom is 0.0723 e. The van der Waals surface area contributed by atoms with Crippen molar-refractivity contribution < 1.29 is 9.47 Å². The van der Waals surface area contributed by atoms with Crippen LogP contribution in [0.2, 0.25) is 0 Å². The van der Waals surface area contributed by atoms with E-state index in [4.69, 9.17) is 9.47 Å². The van der Waals surface area contributed by atoms with Gasteiger partial charge in [-0.25, -0.2) is 0 Å². The fourth-order valence-corrected chi connectivity index (χ4v) is 1.35. The molecular weight excluding hydrogens is 200 g/mol. The van der Waals surface area contributed by atoms with Crippen molar-refractivity contribution in [1.29, 1.82) is 0 Å². The Morgan fingerprint density at radius 2 is 1.19 bits per heavy atom. The second-order valence-corrected chi connectivity index (χ2v) is 4.49. The molecule has 1 aromatic rings. The van der Waals surface area contributed by atoms with Crippen LogP contribution in [-0.4, -0.2) is 12.2 Å². The average Bonchev–Trinajstić information content (AvgIpc) is 2.24. The highest BCUT2D eigenvalue weighted by Crippen LogP contribution is 2.13. The van der Waals surface area contributed by atoms with Crippen molar-refractivity contribution in [2.75, 3.05) is 0 Å². The Kier molecular flexibility index (Phi) is 5.50. The van der Waals surface area contributed by atoms with E-state index in [2.05, 4.69) is 12.1 Å². The fraction of sp³-hybridized carbons (Fsp3) is 0.571. The molecule has 1 rings (SSSR count). The van der Waals surface area contributed by atoms with Gasteiger partial charge in [-0.2, -0.15) is 0 Å². The van der Waals surface area contributed by atoms with Gasteiger partial charge in [0.05, 0.1) is 25.4 Å².